The van der Waals surface area contributed by atoms with Gasteiger partial charge in [-0.25, -0.2) is 0 Å². The fraction of sp³-hybridized carbons (Fsp3) is 0.163. The highest BCUT2D eigenvalue weighted by atomic mass is 15.2. The Labute approximate surface area is 271 Å². The van der Waals surface area contributed by atoms with Crippen molar-refractivity contribution >= 4 is 50.2 Å². The maximum Gasteiger partial charge on any atom is 0.0662 e. The Balaban J connectivity index is 1.65. The molecule has 0 bridgehead atoms. The van der Waals surface area contributed by atoms with Crippen LogP contribution in [0.4, 0.5) is 5.69 Å². The minimum absolute atomic E-state index is 0.212. The van der Waals surface area contributed by atoms with E-state index in [1.165, 1.54) is 60.9 Å². The van der Waals surface area contributed by atoms with Crippen LogP contribution >= 0.6 is 0 Å². The number of allylic oxidation sites excluding steroid dienone is 10. The summed E-state index contributed by atoms with van der Waals surface area (Å²) in [6, 6.07) is 20.3. The number of hydrogen-bond acceptors (Lipinski definition) is 1. The lowest BCUT2D eigenvalue weighted by atomic mass is 9.88. The molecule has 1 aliphatic heterocycles. The van der Waals surface area contributed by atoms with E-state index in [1.807, 2.05) is 6.92 Å². The lowest BCUT2D eigenvalue weighted by Gasteiger charge is -2.35. The van der Waals surface area contributed by atoms with E-state index in [1.54, 1.807) is 0 Å². The number of anilines is 1. The van der Waals surface area contributed by atoms with Gasteiger partial charge in [0.25, 0.3) is 0 Å². The quantitative estimate of drug-likeness (QED) is 0.178. The molecule has 5 aromatic rings. The standard InChI is InChI=1S/C43H39N3/c1-5-7-10-20-29(3)44-30(4)33(19-6-2)38-41(44)39-34-25-15-17-27-36(34)46(32-23-13-9-14-24-32)43(39)40-35-26-16-18-28-37(35)45(42(38)40)31-21-11-8-12-22-31/h5-23,25-28,32,34,36H,3,24H2,1-2,4H3. The zero-order valence-corrected chi connectivity index (χ0v) is 26.8. The van der Waals surface area contributed by atoms with Crippen molar-refractivity contribution < 1.29 is 0 Å². The highest BCUT2D eigenvalue weighted by Gasteiger charge is 2.44. The van der Waals surface area contributed by atoms with Crippen molar-refractivity contribution in [1.82, 2.24) is 9.13 Å². The SMILES string of the molecule is C=C(C=CC=CC)n1c(C)c(C=CC)c2c1c1c(c3c4ccccc4n(-c4ccccc4)c32)N(C2C=CC=CC2)C2C=CC=CC12. The van der Waals surface area contributed by atoms with Gasteiger partial charge in [-0.05, 0) is 51.5 Å². The van der Waals surface area contributed by atoms with Gasteiger partial charge in [0.15, 0.2) is 0 Å². The summed E-state index contributed by atoms with van der Waals surface area (Å²) in [5.74, 6) is 0.212. The van der Waals surface area contributed by atoms with Crippen molar-refractivity contribution in [2.75, 3.05) is 4.90 Å². The third kappa shape index (κ3) is 4.04. The molecule has 226 valence electrons. The molecule has 46 heavy (non-hydrogen) atoms. The minimum atomic E-state index is 0.212. The summed E-state index contributed by atoms with van der Waals surface area (Å²) in [5.41, 5.74) is 11.1. The van der Waals surface area contributed by atoms with Crippen LogP contribution in [-0.4, -0.2) is 21.2 Å². The van der Waals surface area contributed by atoms with E-state index in [2.05, 4.69) is 174 Å². The first-order valence-electron chi connectivity index (χ1n) is 16.4. The van der Waals surface area contributed by atoms with E-state index < -0.39 is 0 Å². The zero-order valence-electron chi connectivity index (χ0n) is 26.8. The third-order valence-corrected chi connectivity index (χ3v) is 9.87. The third-order valence-electron chi connectivity index (χ3n) is 9.87. The summed E-state index contributed by atoms with van der Waals surface area (Å²) in [6.45, 7) is 11.1. The average Bonchev–Trinajstić information content (AvgIpc) is 3.71. The van der Waals surface area contributed by atoms with E-state index in [0.29, 0.717) is 0 Å². The van der Waals surface area contributed by atoms with E-state index in [-0.39, 0.29) is 18.0 Å². The van der Waals surface area contributed by atoms with Crippen LogP contribution in [0.2, 0.25) is 0 Å². The van der Waals surface area contributed by atoms with Crippen LogP contribution in [0, 0.1) is 6.92 Å². The Morgan fingerprint density at radius 2 is 1.61 bits per heavy atom. The second kappa shape index (κ2) is 11.3. The summed E-state index contributed by atoms with van der Waals surface area (Å²) < 4.78 is 4.93. The van der Waals surface area contributed by atoms with Crippen molar-refractivity contribution in [3.05, 3.63) is 157 Å². The molecular weight excluding hydrogens is 558 g/mol. The molecule has 0 saturated carbocycles. The van der Waals surface area contributed by atoms with Crippen molar-refractivity contribution in [3.63, 3.8) is 0 Å². The summed E-state index contributed by atoms with van der Waals surface area (Å²) in [5, 5.41) is 3.90. The van der Waals surface area contributed by atoms with Crippen LogP contribution < -0.4 is 4.90 Å². The molecule has 0 fully saturated rings. The number of para-hydroxylation sites is 2. The van der Waals surface area contributed by atoms with Gasteiger partial charge < -0.3 is 14.0 Å². The van der Waals surface area contributed by atoms with Crippen LogP contribution in [0.15, 0.2) is 140 Å². The number of fused-ring (bicyclic) bond motifs is 10. The second-order valence-electron chi connectivity index (χ2n) is 12.4. The van der Waals surface area contributed by atoms with Gasteiger partial charge in [0, 0.05) is 50.3 Å². The predicted octanol–water partition coefficient (Wildman–Crippen LogP) is 11.0. The van der Waals surface area contributed by atoms with E-state index in [4.69, 9.17) is 0 Å². The highest BCUT2D eigenvalue weighted by molar-refractivity contribution is 6.27. The van der Waals surface area contributed by atoms with Crippen LogP contribution in [-0.2, 0) is 0 Å². The molecule has 0 spiro atoms. The molecule has 0 radical (unpaired) electrons. The number of nitrogens with zero attached hydrogens (tertiary/aromatic N) is 3. The molecule has 3 nitrogen and oxygen atoms in total. The molecule has 0 N–H and O–H groups in total. The minimum Gasteiger partial charge on any atom is -0.357 e. The van der Waals surface area contributed by atoms with Gasteiger partial charge in [-0.15, -0.1) is 0 Å². The summed E-state index contributed by atoms with van der Waals surface area (Å²) >= 11 is 0. The molecule has 3 aliphatic rings. The van der Waals surface area contributed by atoms with E-state index >= 15 is 0 Å². The summed E-state index contributed by atoms with van der Waals surface area (Å²) in [6.07, 6.45) is 32.2. The zero-order chi connectivity index (χ0) is 31.4. The van der Waals surface area contributed by atoms with Crippen molar-refractivity contribution in [2.24, 2.45) is 0 Å². The van der Waals surface area contributed by atoms with Gasteiger partial charge in [-0.1, -0.05) is 122 Å². The van der Waals surface area contributed by atoms with Gasteiger partial charge in [0.05, 0.1) is 34.3 Å². The van der Waals surface area contributed by atoms with Gasteiger partial charge >= 0.3 is 0 Å². The first-order chi connectivity index (χ1) is 22.7. The Morgan fingerprint density at radius 1 is 0.826 bits per heavy atom. The van der Waals surface area contributed by atoms with Gasteiger partial charge in [-0.3, -0.25) is 0 Å². The molecular formula is C43H39N3. The van der Waals surface area contributed by atoms with Crippen LogP contribution in [0.5, 0.6) is 0 Å². The van der Waals surface area contributed by atoms with Crippen molar-refractivity contribution in [3.8, 4) is 5.69 Å². The topological polar surface area (TPSA) is 13.1 Å². The molecule has 3 heterocycles. The second-order valence-corrected chi connectivity index (χ2v) is 12.4. The maximum atomic E-state index is 4.67. The Kier molecular flexibility index (Phi) is 6.91. The normalized spacial score (nSPS) is 20.5. The molecule has 3 atom stereocenters. The molecule has 0 amide bonds. The average molecular weight is 598 g/mol. The molecule has 8 rings (SSSR count). The van der Waals surface area contributed by atoms with Crippen LogP contribution in [0.3, 0.4) is 0 Å². The largest absolute Gasteiger partial charge is 0.357 e. The fourth-order valence-electron chi connectivity index (χ4n) is 8.12. The summed E-state index contributed by atoms with van der Waals surface area (Å²) in [4.78, 5) is 2.73. The number of aromatic nitrogens is 2. The monoisotopic (exact) mass is 597 g/mol. The first kappa shape index (κ1) is 28.2. The molecule has 2 aliphatic carbocycles. The van der Waals surface area contributed by atoms with Crippen LogP contribution in [0.1, 0.15) is 43.0 Å². The Bertz CT molecular complexity index is 2240. The fourth-order valence-corrected chi connectivity index (χ4v) is 8.12. The molecule has 3 aromatic carbocycles. The molecule has 0 saturated heterocycles. The predicted molar refractivity (Wildman–Crippen MR) is 199 cm³/mol. The van der Waals surface area contributed by atoms with Gasteiger partial charge in [0.1, 0.15) is 0 Å². The van der Waals surface area contributed by atoms with E-state index in [9.17, 15) is 0 Å². The highest BCUT2D eigenvalue weighted by Crippen LogP contribution is 2.56. The Hall–Kier alpha value is -5.28. The van der Waals surface area contributed by atoms with Gasteiger partial charge in [-0.2, -0.15) is 0 Å². The number of rotatable bonds is 6. The molecule has 2 aromatic heterocycles. The maximum absolute atomic E-state index is 4.67. The molecule has 3 heteroatoms. The van der Waals surface area contributed by atoms with Gasteiger partial charge in [0.2, 0.25) is 0 Å². The molecule has 3 unspecified atom stereocenters. The van der Waals surface area contributed by atoms with Crippen molar-refractivity contribution in [2.45, 2.75) is 45.2 Å². The number of hydrogen-bond donors (Lipinski definition) is 0. The van der Waals surface area contributed by atoms with Crippen LogP contribution in [0.25, 0.3) is 50.2 Å². The smallest absolute Gasteiger partial charge is 0.0662 e. The first-order valence-corrected chi connectivity index (χ1v) is 16.4. The lowest BCUT2D eigenvalue weighted by Crippen LogP contribution is -2.40. The number of benzene rings is 3. The van der Waals surface area contributed by atoms with Crippen molar-refractivity contribution in [1.29, 1.82) is 0 Å². The lowest BCUT2D eigenvalue weighted by molar-refractivity contribution is 0.615. The summed E-state index contributed by atoms with van der Waals surface area (Å²) in [7, 11) is 0. The van der Waals surface area contributed by atoms with E-state index in [0.717, 1.165) is 12.1 Å². The Morgan fingerprint density at radius 3 is 2.39 bits per heavy atom.